The van der Waals surface area contributed by atoms with Crippen molar-refractivity contribution in [2.75, 3.05) is 4.72 Å². The van der Waals surface area contributed by atoms with E-state index in [0.717, 1.165) is 0 Å². The average Bonchev–Trinajstić information content (AvgIpc) is 1.96. The van der Waals surface area contributed by atoms with Crippen LogP contribution in [0.2, 0.25) is 5.02 Å². The van der Waals surface area contributed by atoms with Gasteiger partial charge in [0.2, 0.25) is 10.9 Å². The van der Waals surface area contributed by atoms with Gasteiger partial charge >= 0.3 is 0 Å². The topological polar surface area (TPSA) is 66.4 Å². The minimum absolute atomic E-state index is 0.0820. The smallest absolute Gasteiger partial charge is 0.222 e. The summed E-state index contributed by atoms with van der Waals surface area (Å²) < 4.78 is 22.4. The second-order valence-electron chi connectivity index (χ2n) is 2.03. The van der Waals surface area contributed by atoms with Gasteiger partial charge in [0, 0.05) is 5.02 Å². The van der Waals surface area contributed by atoms with Crippen LogP contribution < -0.4 is 4.72 Å². The van der Waals surface area contributed by atoms with Crippen LogP contribution >= 0.6 is 11.6 Å². The van der Waals surface area contributed by atoms with Crippen LogP contribution in [0.5, 0.6) is 5.75 Å². The Bertz CT molecular complexity index is 356. The first-order chi connectivity index (χ1) is 5.59. The van der Waals surface area contributed by atoms with Crippen molar-refractivity contribution in [3.8, 4) is 5.75 Å². The van der Waals surface area contributed by atoms with Crippen molar-refractivity contribution in [1.82, 2.24) is 0 Å². The van der Waals surface area contributed by atoms with E-state index in [2.05, 4.69) is 0 Å². The lowest BCUT2D eigenvalue weighted by molar-refractivity contribution is 0.478. The largest absolute Gasteiger partial charge is 0.506 e. The standard InChI is InChI=1S/C6H6ClNO3S/c7-4-1-2-6(9)5(3-4)8-12(10)11/h1-3,9,12H,(H,8,10,11). The molecule has 0 unspecified atom stereocenters. The Morgan fingerprint density at radius 3 is 2.67 bits per heavy atom. The van der Waals surface area contributed by atoms with Gasteiger partial charge < -0.3 is 5.11 Å². The number of benzene rings is 1. The van der Waals surface area contributed by atoms with Gasteiger partial charge in [0.25, 0.3) is 0 Å². The van der Waals surface area contributed by atoms with Crippen LogP contribution in [0.15, 0.2) is 18.2 Å². The lowest BCUT2D eigenvalue weighted by Gasteiger charge is -2.01. The molecule has 0 aromatic heterocycles. The molecule has 1 aromatic carbocycles. The Hall–Kier alpha value is -0.940. The minimum Gasteiger partial charge on any atom is -0.506 e. The van der Waals surface area contributed by atoms with Gasteiger partial charge in [-0.2, -0.15) is 0 Å². The van der Waals surface area contributed by atoms with Crippen molar-refractivity contribution in [3.05, 3.63) is 23.2 Å². The molecule has 0 saturated carbocycles. The molecule has 66 valence electrons. The number of phenols is 1. The predicted octanol–water partition coefficient (Wildman–Crippen LogP) is 0.984. The fourth-order valence-electron chi connectivity index (χ4n) is 0.696. The molecular weight excluding hydrogens is 202 g/mol. The Kier molecular flexibility index (Phi) is 2.78. The average molecular weight is 208 g/mol. The molecule has 0 amide bonds. The summed E-state index contributed by atoms with van der Waals surface area (Å²) in [5.74, 6) is -0.154. The molecule has 0 aliphatic carbocycles. The van der Waals surface area contributed by atoms with E-state index in [4.69, 9.17) is 16.7 Å². The van der Waals surface area contributed by atoms with Crippen molar-refractivity contribution >= 4 is 28.2 Å². The van der Waals surface area contributed by atoms with E-state index in [0.29, 0.717) is 5.02 Å². The number of anilines is 1. The van der Waals surface area contributed by atoms with Crippen LogP contribution in [0, 0.1) is 0 Å². The summed E-state index contributed by atoms with van der Waals surface area (Å²) >= 11 is 5.55. The van der Waals surface area contributed by atoms with Crippen LogP contribution in [0.3, 0.4) is 0 Å². The van der Waals surface area contributed by atoms with Crippen molar-refractivity contribution in [2.45, 2.75) is 0 Å². The van der Waals surface area contributed by atoms with Crippen molar-refractivity contribution in [3.63, 3.8) is 0 Å². The zero-order chi connectivity index (χ0) is 9.14. The maximum absolute atomic E-state index is 10.2. The highest BCUT2D eigenvalue weighted by atomic mass is 35.5. The summed E-state index contributed by atoms with van der Waals surface area (Å²) in [7, 11) is -2.77. The lowest BCUT2D eigenvalue weighted by Crippen LogP contribution is -1.94. The van der Waals surface area contributed by atoms with Crippen molar-refractivity contribution < 1.29 is 13.5 Å². The van der Waals surface area contributed by atoms with E-state index in [-0.39, 0.29) is 11.4 Å². The van der Waals surface area contributed by atoms with E-state index in [1.54, 1.807) is 0 Å². The number of hydrogen-bond donors (Lipinski definition) is 3. The summed E-state index contributed by atoms with van der Waals surface area (Å²) in [6.45, 7) is 0. The van der Waals surface area contributed by atoms with Gasteiger partial charge in [-0.15, -0.1) is 0 Å². The zero-order valence-electron chi connectivity index (χ0n) is 5.82. The van der Waals surface area contributed by atoms with Gasteiger partial charge in [-0.1, -0.05) is 11.6 Å². The number of rotatable bonds is 2. The quantitative estimate of drug-likeness (QED) is 0.501. The number of phenolic OH excluding ortho intramolecular Hbond substituents is 1. The maximum Gasteiger partial charge on any atom is 0.222 e. The molecule has 0 fully saturated rings. The predicted molar refractivity (Wildman–Crippen MR) is 47.1 cm³/mol. The molecule has 1 aromatic rings. The first-order valence-corrected chi connectivity index (χ1v) is 4.54. The number of hydrogen-bond acceptors (Lipinski definition) is 3. The van der Waals surface area contributed by atoms with Gasteiger partial charge in [-0.05, 0) is 18.2 Å². The van der Waals surface area contributed by atoms with Crippen LogP contribution in [0.25, 0.3) is 0 Å². The number of thiol groups is 1. The first kappa shape index (κ1) is 9.15. The van der Waals surface area contributed by atoms with Gasteiger partial charge in [-0.25, -0.2) is 8.42 Å². The molecule has 2 N–H and O–H groups in total. The molecular formula is C6H6ClNO3S. The Morgan fingerprint density at radius 2 is 2.08 bits per heavy atom. The number of nitrogens with one attached hydrogen (secondary N) is 1. The van der Waals surface area contributed by atoms with Gasteiger partial charge in [-0.3, -0.25) is 4.72 Å². The third-order valence-corrected chi connectivity index (χ3v) is 1.83. The van der Waals surface area contributed by atoms with Gasteiger partial charge in [0.1, 0.15) is 5.75 Å². The molecule has 0 radical (unpaired) electrons. The fourth-order valence-corrected chi connectivity index (χ4v) is 1.24. The van der Waals surface area contributed by atoms with E-state index in [9.17, 15) is 8.42 Å². The number of aromatic hydroxyl groups is 1. The van der Waals surface area contributed by atoms with Crippen LogP contribution in [-0.4, -0.2) is 13.5 Å². The van der Waals surface area contributed by atoms with Crippen molar-refractivity contribution in [1.29, 1.82) is 0 Å². The summed E-state index contributed by atoms with van der Waals surface area (Å²) in [5, 5.41) is 9.45. The molecule has 0 spiro atoms. The monoisotopic (exact) mass is 207 g/mol. The zero-order valence-corrected chi connectivity index (χ0v) is 7.47. The Labute approximate surface area is 75.9 Å². The summed E-state index contributed by atoms with van der Waals surface area (Å²) in [6.07, 6.45) is 0. The molecule has 0 bridgehead atoms. The number of halogens is 1. The van der Waals surface area contributed by atoms with E-state index in [1.807, 2.05) is 4.72 Å². The normalized spacial score (nSPS) is 10.2. The van der Waals surface area contributed by atoms with Gasteiger partial charge in [0.15, 0.2) is 0 Å². The second kappa shape index (κ2) is 3.64. The van der Waals surface area contributed by atoms with E-state index in [1.165, 1.54) is 18.2 Å². The van der Waals surface area contributed by atoms with E-state index >= 15 is 0 Å². The minimum atomic E-state index is -2.77. The molecule has 12 heavy (non-hydrogen) atoms. The molecule has 4 nitrogen and oxygen atoms in total. The molecule has 0 aliphatic rings. The molecule has 1 rings (SSSR count). The van der Waals surface area contributed by atoms with Crippen molar-refractivity contribution in [2.24, 2.45) is 0 Å². The highest BCUT2D eigenvalue weighted by Crippen LogP contribution is 2.26. The molecule has 0 aliphatic heterocycles. The summed E-state index contributed by atoms with van der Waals surface area (Å²) in [5.41, 5.74) is 0.0820. The Balaban J connectivity index is 3.05. The summed E-state index contributed by atoms with van der Waals surface area (Å²) in [6, 6.07) is 4.09. The van der Waals surface area contributed by atoms with Gasteiger partial charge in [0.05, 0.1) is 5.69 Å². The van der Waals surface area contributed by atoms with E-state index < -0.39 is 10.9 Å². The second-order valence-corrected chi connectivity index (χ2v) is 3.20. The molecule has 0 saturated heterocycles. The summed E-state index contributed by atoms with van der Waals surface area (Å²) in [4.78, 5) is 0. The molecule has 6 heteroatoms. The highest BCUT2D eigenvalue weighted by molar-refractivity contribution is 7.73. The third-order valence-electron chi connectivity index (χ3n) is 1.17. The Morgan fingerprint density at radius 1 is 1.42 bits per heavy atom. The first-order valence-electron chi connectivity index (χ1n) is 2.99. The molecule has 0 atom stereocenters. The lowest BCUT2D eigenvalue weighted by atomic mass is 10.3. The van der Waals surface area contributed by atoms with Crippen LogP contribution in [0.4, 0.5) is 5.69 Å². The molecule has 0 heterocycles. The fraction of sp³-hybridized carbons (Fsp3) is 0. The van der Waals surface area contributed by atoms with Crippen LogP contribution in [-0.2, 0) is 10.9 Å². The van der Waals surface area contributed by atoms with Crippen LogP contribution in [0.1, 0.15) is 0 Å². The SMILES string of the molecule is O=[SH](=O)Nc1cc(Cl)ccc1O. The third kappa shape index (κ3) is 2.28. The maximum atomic E-state index is 10.2. The highest BCUT2D eigenvalue weighted by Gasteiger charge is 2.00.